The van der Waals surface area contributed by atoms with Crippen molar-refractivity contribution in [2.45, 2.75) is 45.8 Å². The second kappa shape index (κ2) is 6.34. The van der Waals surface area contributed by atoms with Crippen LogP contribution in [-0.4, -0.2) is 11.7 Å². The van der Waals surface area contributed by atoms with E-state index in [1.165, 1.54) is 12.1 Å². The van der Waals surface area contributed by atoms with Crippen molar-refractivity contribution in [1.29, 1.82) is 0 Å². The molecule has 1 atom stereocenters. The van der Waals surface area contributed by atoms with Crippen LogP contribution in [0.3, 0.4) is 0 Å². The first-order valence-corrected chi connectivity index (χ1v) is 7.61. The number of amides is 1. The van der Waals surface area contributed by atoms with Gasteiger partial charge in [-0.3, -0.25) is 9.59 Å². The molecule has 0 heterocycles. The molecule has 1 aliphatic rings. The summed E-state index contributed by atoms with van der Waals surface area (Å²) in [7, 11) is 0. The van der Waals surface area contributed by atoms with Gasteiger partial charge in [-0.05, 0) is 30.0 Å². The zero-order valence-corrected chi connectivity index (χ0v) is 13.2. The number of hydrogen-bond donors (Lipinski definition) is 1. The van der Waals surface area contributed by atoms with Crippen molar-refractivity contribution in [3.8, 4) is 0 Å². The standard InChI is InChI=1S/C17H20F3NO2/c1-11(2)16(7-6-14(22)9-16)15(23)21-10-12-4-3-5-13(8-12)17(18,19)20/h3-5,8,11H,6-7,9-10H2,1-2H3,(H,21,23). The maximum atomic E-state index is 12.7. The molecule has 1 aliphatic carbocycles. The zero-order valence-electron chi connectivity index (χ0n) is 13.2. The third-order valence-electron chi connectivity index (χ3n) is 4.63. The van der Waals surface area contributed by atoms with Gasteiger partial charge in [0.25, 0.3) is 0 Å². The Hall–Kier alpha value is -1.85. The topological polar surface area (TPSA) is 46.2 Å². The van der Waals surface area contributed by atoms with Crippen LogP contribution in [0, 0.1) is 11.3 Å². The van der Waals surface area contributed by atoms with Gasteiger partial charge >= 0.3 is 6.18 Å². The molecule has 1 saturated carbocycles. The lowest BCUT2D eigenvalue weighted by molar-refractivity contribution is -0.137. The van der Waals surface area contributed by atoms with Gasteiger partial charge in [0.2, 0.25) is 5.91 Å². The number of benzene rings is 1. The molecule has 3 nitrogen and oxygen atoms in total. The lowest BCUT2D eigenvalue weighted by Gasteiger charge is -2.31. The normalized spacial score (nSPS) is 21.7. The fraction of sp³-hybridized carbons (Fsp3) is 0.529. The highest BCUT2D eigenvalue weighted by Crippen LogP contribution is 2.42. The summed E-state index contributed by atoms with van der Waals surface area (Å²) in [4.78, 5) is 24.1. The molecule has 1 fully saturated rings. The number of nitrogens with one attached hydrogen (secondary N) is 1. The van der Waals surface area contributed by atoms with Gasteiger partial charge in [0, 0.05) is 19.4 Å². The molecule has 6 heteroatoms. The van der Waals surface area contributed by atoms with Crippen molar-refractivity contribution in [2.24, 2.45) is 11.3 Å². The first-order chi connectivity index (χ1) is 10.6. The minimum absolute atomic E-state index is 0.00420. The third-order valence-corrected chi connectivity index (χ3v) is 4.63. The Labute approximate surface area is 133 Å². The van der Waals surface area contributed by atoms with Gasteiger partial charge in [0.1, 0.15) is 5.78 Å². The summed E-state index contributed by atoms with van der Waals surface area (Å²) in [6.07, 6.45) is -3.32. The van der Waals surface area contributed by atoms with Crippen LogP contribution in [0.2, 0.25) is 0 Å². The number of alkyl halides is 3. The number of ketones is 1. The quantitative estimate of drug-likeness (QED) is 0.916. The van der Waals surface area contributed by atoms with E-state index in [0.29, 0.717) is 18.4 Å². The molecular formula is C17H20F3NO2. The van der Waals surface area contributed by atoms with E-state index < -0.39 is 17.2 Å². The molecule has 1 aromatic carbocycles. The molecule has 0 radical (unpaired) electrons. The molecule has 0 bridgehead atoms. The Morgan fingerprint density at radius 2 is 2.04 bits per heavy atom. The van der Waals surface area contributed by atoms with Gasteiger partial charge in [-0.1, -0.05) is 26.0 Å². The Bertz CT molecular complexity index is 610. The van der Waals surface area contributed by atoms with Crippen LogP contribution >= 0.6 is 0 Å². The minimum Gasteiger partial charge on any atom is -0.352 e. The lowest BCUT2D eigenvalue weighted by atomic mass is 9.75. The molecule has 23 heavy (non-hydrogen) atoms. The Morgan fingerprint density at radius 1 is 1.35 bits per heavy atom. The molecule has 1 N–H and O–H groups in total. The average molecular weight is 327 g/mol. The summed E-state index contributed by atoms with van der Waals surface area (Å²) in [5, 5.41) is 2.70. The molecule has 1 unspecified atom stereocenters. The molecule has 126 valence electrons. The largest absolute Gasteiger partial charge is 0.416 e. The predicted octanol–water partition coefficient (Wildman–Crippen LogP) is 3.72. The van der Waals surface area contributed by atoms with Gasteiger partial charge in [-0.2, -0.15) is 13.2 Å². The minimum atomic E-state index is -4.41. The monoisotopic (exact) mass is 327 g/mol. The van der Waals surface area contributed by atoms with E-state index in [2.05, 4.69) is 5.32 Å². The van der Waals surface area contributed by atoms with Crippen LogP contribution in [0.15, 0.2) is 24.3 Å². The van der Waals surface area contributed by atoms with E-state index in [4.69, 9.17) is 0 Å². The van der Waals surface area contributed by atoms with Crippen molar-refractivity contribution >= 4 is 11.7 Å². The average Bonchev–Trinajstić information content (AvgIpc) is 2.88. The smallest absolute Gasteiger partial charge is 0.352 e. The van der Waals surface area contributed by atoms with Crippen LogP contribution in [0.25, 0.3) is 0 Å². The molecule has 0 spiro atoms. The number of rotatable bonds is 4. The number of halogens is 3. The Balaban J connectivity index is 2.08. The summed E-state index contributed by atoms with van der Waals surface area (Å²) in [6, 6.07) is 4.89. The molecule has 0 saturated heterocycles. The van der Waals surface area contributed by atoms with E-state index in [1.807, 2.05) is 13.8 Å². The van der Waals surface area contributed by atoms with Gasteiger partial charge in [0.05, 0.1) is 11.0 Å². The van der Waals surface area contributed by atoms with Crippen molar-refractivity contribution < 1.29 is 22.8 Å². The third kappa shape index (κ3) is 3.74. The SMILES string of the molecule is CC(C)C1(C(=O)NCc2cccc(C(F)(F)F)c2)CCC(=O)C1. The fourth-order valence-electron chi connectivity index (χ4n) is 3.06. The predicted molar refractivity (Wildman–Crippen MR) is 79.4 cm³/mol. The Kier molecular flexibility index (Phi) is 4.82. The molecule has 0 aliphatic heterocycles. The Morgan fingerprint density at radius 3 is 2.57 bits per heavy atom. The molecule has 1 amide bonds. The van der Waals surface area contributed by atoms with Crippen LogP contribution < -0.4 is 5.32 Å². The summed E-state index contributed by atoms with van der Waals surface area (Å²) >= 11 is 0. The molecule has 0 aromatic heterocycles. The van der Waals surface area contributed by atoms with Crippen LogP contribution in [-0.2, 0) is 22.3 Å². The van der Waals surface area contributed by atoms with Crippen LogP contribution in [0.1, 0.15) is 44.2 Å². The van der Waals surface area contributed by atoms with Gasteiger partial charge < -0.3 is 5.32 Å². The highest BCUT2D eigenvalue weighted by atomic mass is 19.4. The summed E-state index contributed by atoms with van der Waals surface area (Å²) < 4.78 is 38.1. The highest BCUT2D eigenvalue weighted by molar-refractivity contribution is 5.93. The van der Waals surface area contributed by atoms with Crippen molar-refractivity contribution in [3.05, 3.63) is 35.4 Å². The highest BCUT2D eigenvalue weighted by Gasteiger charge is 2.47. The number of hydrogen-bond acceptors (Lipinski definition) is 2. The van der Waals surface area contributed by atoms with Crippen LogP contribution in [0.4, 0.5) is 13.2 Å². The fourth-order valence-corrected chi connectivity index (χ4v) is 3.06. The summed E-state index contributed by atoms with van der Waals surface area (Å²) in [6.45, 7) is 3.80. The first-order valence-electron chi connectivity index (χ1n) is 7.61. The van der Waals surface area contributed by atoms with Crippen molar-refractivity contribution in [2.75, 3.05) is 0 Å². The van der Waals surface area contributed by atoms with Crippen molar-refractivity contribution in [3.63, 3.8) is 0 Å². The van der Waals surface area contributed by atoms with Crippen LogP contribution in [0.5, 0.6) is 0 Å². The zero-order chi connectivity index (χ0) is 17.3. The second-order valence-electron chi connectivity index (χ2n) is 6.41. The van der Waals surface area contributed by atoms with E-state index in [0.717, 1.165) is 12.1 Å². The first kappa shape index (κ1) is 17.5. The van der Waals surface area contributed by atoms with E-state index >= 15 is 0 Å². The lowest BCUT2D eigenvalue weighted by Crippen LogP contribution is -2.42. The summed E-state index contributed by atoms with van der Waals surface area (Å²) in [5.74, 6) is -0.195. The molecular weight excluding hydrogens is 307 g/mol. The van der Waals surface area contributed by atoms with Crippen molar-refractivity contribution in [1.82, 2.24) is 5.32 Å². The molecule has 1 aromatic rings. The number of Topliss-reactive ketones (excluding diaryl/α,β-unsaturated/α-hetero) is 1. The maximum absolute atomic E-state index is 12.7. The summed E-state index contributed by atoms with van der Waals surface area (Å²) in [5.41, 5.74) is -1.09. The van der Waals surface area contributed by atoms with E-state index in [9.17, 15) is 22.8 Å². The second-order valence-corrected chi connectivity index (χ2v) is 6.41. The molecule has 2 rings (SSSR count). The van der Waals surface area contributed by atoms with Gasteiger partial charge in [-0.25, -0.2) is 0 Å². The number of carbonyl (C=O) groups excluding carboxylic acids is 2. The van der Waals surface area contributed by atoms with E-state index in [-0.39, 0.29) is 30.6 Å². The maximum Gasteiger partial charge on any atom is 0.416 e. The number of carbonyl (C=O) groups is 2. The van der Waals surface area contributed by atoms with Gasteiger partial charge in [0.15, 0.2) is 0 Å². The van der Waals surface area contributed by atoms with Gasteiger partial charge in [-0.15, -0.1) is 0 Å². The van der Waals surface area contributed by atoms with E-state index in [1.54, 1.807) is 0 Å².